The average molecular weight is 232 g/mol. The fourth-order valence-electron chi connectivity index (χ4n) is 1.60. The molecule has 0 aliphatic rings. The van der Waals surface area contributed by atoms with E-state index in [1.54, 1.807) is 11.3 Å². The highest BCUT2D eigenvalue weighted by atomic mass is 32.1. The van der Waals surface area contributed by atoms with Crippen molar-refractivity contribution in [2.24, 2.45) is 12.0 Å². The SMILES string of the molecule is Cc1cc(C)c(N=c2sccn2C)cc1C. The minimum atomic E-state index is 1.03. The molecular weight excluding hydrogens is 216 g/mol. The van der Waals surface area contributed by atoms with E-state index in [1.807, 2.05) is 17.8 Å². The van der Waals surface area contributed by atoms with Crippen LogP contribution in [0.25, 0.3) is 0 Å². The molecule has 84 valence electrons. The Hall–Kier alpha value is -1.35. The van der Waals surface area contributed by atoms with Crippen molar-refractivity contribution in [2.75, 3.05) is 0 Å². The van der Waals surface area contributed by atoms with Gasteiger partial charge in [0, 0.05) is 18.6 Å². The Morgan fingerprint density at radius 2 is 1.75 bits per heavy atom. The molecule has 1 aromatic heterocycles. The largest absolute Gasteiger partial charge is 0.327 e. The molecular formula is C13H16N2S. The van der Waals surface area contributed by atoms with Crippen LogP contribution in [-0.2, 0) is 7.05 Å². The van der Waals surface area contributed by atoms with Crippen molar-refractivity contribution in [2.45, 2.75) is 20.8 Å². The van der Waals surface area contributed by atoms with Crippen LogP contribution in [0, 0.1) is 20.8 Å². The van der Waals surface area contributed by atoms with E-state index in [0.29, 0.717) is 0 Å². The van der Waals surface area contributed by atoms with Crippen LogP contribution in [0.1, 0.15) is 16.7 Å². The second kappa shape index (κ2) is 4.26. The third-order valence-corrected chi connectivity index (χ3v) is 3.64. The topological polar surface area (TPSA) is 17.3 Å². The Kier molecular flexibility index (Phi) is 2.97. The van der Waals surface area contributed by atoms with Gasteiger partial charge in [0.15, 0.2) is 4.80 Å². The van der Waals surface area contributed by atoms with Gasteiger partial charge in [-0.1, -0.05) is 6.07 Å². The molecule has 0 unspecified atom stereocenters. The van der Waals surface area contributed by atoms with E-state index in [9.17, 15) is 0 Å². The maximum Gasteiger partial charge on any atom is 0.189 e. The number of thiazole rings is 1. The molecule has 0 N–H and O–H groups in total. The van der Waals surface area contributed by atoms with Gasteiger partial charge in [-0.2, -0.15) is 0 Å². The van der Waals surface area contributed by atoms with Crippen molar-refractivity contribution >= 4 is 17.0 Å². The Labute approximate surface area is 99.9 Å². The monoisotopic (exact) mass is 232 g/mol. The summed E-state index contributed by atoms with van der Waals surface area (Å²) in [6, 6.07) is 4.35. The molecule has 1 aromatic carbocycles. The number of hydrogen-bond acceptors (Lipinski definition) is 2. The molecule has 0 saturated heterocycles. The minimum absolute atomic E-state index is 1.03. The molecule has 2 rings (SSSR count). The quantitative estimate of drug-likeness (QED) is 0.718. The smallest absolute Gasteiger partial charge is 0.189 e. The summed E-state index contributed by atoms with van der Waals surface area (Å²) in [5.74, 6) is 0. The van der Waals surface area contributed by atoms with Crippen LogP contribution in [0.3, 0.4) is 0 Å². The molecule has 0 aliphatic heterocycles. The highest BCUT2D eigenvalue weighted by Gasteiger charge is 2.00. The number of aromatic nitrogens is 1. The maximum absolute atomic E-state index is 4.68. The number of aryl methyl sites for hydroxylation is 4. The standard InChI is InChI=1S/C13H16N2S/c1-9-7-11(3)12(8-10(9)2)14-13-15(4)5-6-16-13/h5-8H,1-4H3. The van der Waals surface area contributed by atoms with E-state index < -0.39 is 0 Å². The highest BCUT2D eigenvalue weighted by molar-refractivity contribution is 7.07. The molecule has 3 heteroatoms. The Morgan fingerprint density at radius 3 is 2.38 bits per heavy atom. The van der Waals surface area contributed by atoms with Crippen LogP contribution >= 0.6 is 11.3 Å². The van der Waals surface area contributed by atoms with E-state index in [-0.39, 0.29) is 0 Å². The number of nitrogens with zero attached hydrogens (tertiary/aromatic N) is 2. The van der Waals surface area contributed by atoms with Crippen LogP contribution in [0.5, 0.6) is 0 Å². The summed E-state index contributed by atoms with van der Waals surface area (Å²) in [4.78, 5) is 5.72. The van der Waals surface area contributed by atoms with Gasteiger partial charge in [-0.05, 0) is 43.5 Å². The van der Waals surface area contributed by atoms with Crippen LogP contribution < -0.4 is 4.80 Å². The fourth-order valence-corrected chi connectivity index (χ4v) is 2.35. The number of benzene rings is 1. The van der Waals surface area contributed by atoms with Gasteiger partial charge in [0.25, 0.3) is 0 Å². The molecule has 2 nitrogen and oxygen atoms in total. The normalized spacial score (nSPS) is 12.1. The van der Waals surface area contributed by atoms with Crippen molar-refractivity contribution in [1.29, 1.82) is 0 Å². The van der Waals surface area contributed by atoms with Gasteiger partial charge < -0.3 is 4.57 Å². The van der Waals surface area contributed by atoms with Crippen molar-refractivity contribution in [3.8, 4) is 0 Å². The van der Waals surface area contributed by atoms with E-state index in [4.69, 9.17) is 0 Å². The summed E-state index contributed by atoms with van der Waals surface area (Å²) < 4.78 is 2.04. The first-order chi connectivity index (χ1) is 7.58. The number of rotatable bonds is 1. The lowest BCUT2D eigenvalue weighted by atomic mass is 10.1. The summed E-state index contributed by atoms with van der Waals surface area (Å²) in [6.45, 7) is 6.37. The van der Waals surface area contributed by atoms with Crippen LogP contribution in [-0.4, -0.2) is 4.57 Å². The first-order valence-electron chi connectivity index (χ1n) is 5.30. The molecule has 0 atom stereocenters. The minimum Gasteiger partial charge on any atom is -0.327 e. The summed E-state index contributed by atoms with van der Waals surface area (Å²) in [5, 5.41) is 2.05. The third kappa shape index (κ3) is 2.09. The molecule has 0 aliphatic carbocycles. The lowest BCUT2D eigenvalue weighted by Gasteiger charge is -2.05. The predicted octanol–water partition coefficient (Wildman–Crippen LogP) is 3.24. The molecule has 0 amide bonds. The second-order valence-corrected chi connectivity index (χ2v) is 5.00. The third-order valence-electron chi connectivity index (χ3n) is 2.79. The molecule has 16 heavy (non-hydrogen) atoms. The van der Waals surface area contributed by atoms with E-state index in [0.717, 1.165) is 10.5 Å². The maximum atomic E-state index is 4.68. The Balaban J connectivity index is 2.59. The van der Waals surface area contributed by atoms with Gasteiger partial charge in [0.05, 0.1) is 5.69 Å². The predicted molar refractivity (Wildman–Crippen MR) is 69.2 cm³/mol. The number of hydrogen-bond donors (Lipinski definition) is 0. The average Bonchev–Trinajstić information content (AvgIpc) is 2.61. The van der Waals surface area contributed by atoms with Gasteiger partial charge in [-0.3, -0.25) is 0 Å². The summed E-state index contributed by atoms with van der Waals surface area (Å²) in [7, 11) is 2.02. The zero-order valence-electron chi connectivity index (χ0n) is 10.1. The van der Waals surface area contributed by atoms with Crippen molar-refractivity contribution in [3.05, 3.63) is 45.2 Å². The zero-order chi connectivity index (χ0) is 11.7. The molecule has 0 fully saturated rings. The Morgan fingerprint density at radius 1 is 1.06 bits per heavy atom. The van der Waals surface area contributed by atoms with Gasteiger partial charge in [0.2, 0.25) is 0 Å². The second-order valence-electron chi connectivity index (χ2n) is 4.13. The lowest BCUT2D eigenvalue weighted by Crippen LogP contribution is -2.08. The molecule has 0 saturated carbocycles. The van der Waals surface area contributed by atoms with Gasteiger partial charge >= 0.3 is 0 Å². The highest BCUT2D eigenvalue weighted by Crippen LogP contribution is 2.22. The summed E-state index contributed by atoms with van der Waals surface area (Å²) in [5.41, 5.74) is 4.92. The molecule has 0 spiro atoms. The summed E-state index contributed by atoms with van der Waals surface area (Å²) in [6.07, 6.45) is 2.03. The molecule has 0 bridgehead atoms. The van der Waals surface area contributed by atoms with Crippen LogP contribution in [0.15, 0.2) is 28.7 Å². The lowest BCUT2D eigenvalue weighted by molar-refractivity contribution is 0.873. The Bertz CT molecular complexity index is 576. The van der Waals surface area contributed by atoms with Crippen molar-refractivity contribution < 1.29 is 0 Å². The van der Waals surface area contributed by atoms with Gasteiger partial charge in [-0.15, -0.1) is 11.3 Å². The van der Waals surface area contributed by atoms with Gasteiger partial charge in [-0.25, -0.2) is 4.99 Å². The van der Waals surface area contributed by atoms with Crippen molar-refractivity contribution in [3.63, 3.8) is 0 Å². The molecule has 2 aromatic rings. The van der Waals surface area contributed by atoms with E-state index in [2.05, 4.69) is 43.3 Å². The van der Waals surface area contributed by atoms with Crippen LogP contribution in [0.4, 0.5) is 5.69 Å². The fraction of sp³-hybridized carbons (Fsp3) is 0.308. The van der Waals surface area contributed by atoms with E-state index >= 15 is 0 Å². The van der Waals surface area contributed by atoms with Gasteiger partial charge in [0.1, 0.15) is 0 Å². The van der Waals surface area contributed by atoms with Crippen LogP contribution in [0.2, 0.25) is 0 Å². The molecule has 0 radical (unpaired) electrons. The van der Waals surface area contributed by atoms with E-state index in [1.165, 1.54) is 16.7 Å². The first kappa shape index (κ1) is 11.1. The summed E-state index contributed by atoms with van der Waals surface area (Å²) >= 11 is 1.66. The zero-order valence-corrected chi connectivity index (χ0v) is 10.9. The molecule has 1 heterocycles. The first-order valence-corrected chi connectivity index (χ1v) is 6.18. The van der Waals surface area contributed by atoms with Crippen molar-refractivity contribution in [1.82, 2.24) is 4.57 Å².